The van der Waals surface area contributed by atoms with Crippen molar-refractivity contribution in [2.24, 2.45) is 0 Å². The fraction of sp³-hybridized carbons (Fsp3) is 0.750. The fourth-order valence-corrected chi connectivity index (χ4v) is 3.17. The van der Waals surface area contributed by atoms with E-state index >= 15 is 0 Å². The molecule has 0 aromatic carbocycles. The van der Waals surface area contributed by atoms with Crippen molar-refractivity contribution in [2.75, 3.05) is 39.3 Å². The number of hydrogen-bond donors (Lipinski definition) is 1. The molecule has 0 N–H and O–H groups in total. The molecule has 0 bridgehead atoms. The second-order valence-corrected chi connectivity index (χ2v) is 5.92. The lowest BCUT2D eigenvalue weighted by Crippen LogP contribution is -2.46. The van der Waals surface area contributed by atoms with Gasteiger partial charge in [-0.3, -0.25) is 0 Å². The van der Waals surface area contributed by atoms with Crippen molar-refractivity contribution >= 4 is 24.0 Å². The summed E-state index contributed by atoms with van der Waals surface area (Å²) in [5.41, 5.74) is 0. The number of aromatic nitrogens is 1. The largest absolute Gasteiger partial charge is 0.301 e. The van der Waals surface area contributed by atoms with E-state index in [9.17, 15) is 0 Å². The fourth-order valence-electron chi connectivity index (χ4n) is 2.12. The zero-order valence-electron chi connectivity index (χ0n) is 10.4. The molecule has 1 aliphatic heterocycles. The summed E-state index contributed by atoms with van der Waals surface area (Å²) in [6, 6.07) is 0. The van der Waals surface area contributed by atoms with E-state index in [2.05, 4.69) is 34.3 Å². The summed E-state index contributed by atoms with van der Waals surface area (Å²) in [5.74, 6) is 0.812. The van der Waals surface area contributed by atoms with E-state index in [0.717, 1.165) is 18.7 Å². The van der Waals surface area contributed by atoms with Gasteiger partial charge in [-0.15, -0.1) is 11.3 Å². The van der Waals surface area contributed by atoms with E-state index in [1.54, 1.807) is 11.3 Å². The molecule has 0 atom stereocenters. The van der Waals surface area contributed by atoms with Crippen LogP contribution in [0, 0.1) is 0 Å². The van der Waals surface area contributed by atoms with Gasteiger partial charge in [0, 0.05) is 56.0 Å². The Morgan fingerprint density at radius 3 is 2.59 bits per heavy atom. The highest BCUT2D eigenvalue weighted by molar-refractivity contribution is 7.79. The van der Waals surface area contributed by atoms with E-state index in [-0.39, 0.29) is 0 Å². The molecule has 17 heavy (non-hydrogen) atoms. The first kappa shape index (κ1) is 13.3. The van der Waals surface area contributed by atoms with Crippen LogP contribution in [-0.2, 0) is 12.2 Å². The van der Waals surface area contributed by atoms with Crippen LogP contribution in [-0.4, -0.2) is 54.1 Å². The van der Waals surface area contributed by atoms with Crippen molar-refractivity contribution in [3.8, 4) is 0 Å². The van der Waals surface area contributed by atoms with Gasteiger partial charge in [-0.2, -0.15) is 12.6 Å². The average Bonchev–Trinajstić information content (AvgIpc) is 2.85. The lowest BCUT2D eigenvalue weighted by molar-refractivity contribution is 0.138. The molecule has 1 aromatic rings. The summed E-state index contributed by atoms with van der Waals surface area (Å²) in [7, 11) is 0. The second kappa shape index (κ2) is 6.73. The van der Waals surface area contributed by atoms with Gasteiger partial charge in [0.1, 0.15) is 0 Å². The van der Waals surface area contributed by atoms with E-state index in [0.29, 0.717) is 0 Å². The molecular formula is C12H21N3S2. The van der Waals surface area contributed by atoms with Crippen LogP contribution in [0.25, 0.3) is 0 Å². The molecule has 2 heterocycles. The SMILES string of the molecule is CCN1CCN(CCc2ncc(CS)s2)CC1. The van der Waals surface area contributed by atoms with Crippen molar-refractivity contribution in [1.29, 1.82) is 0 Å². The quantitative estimate of drug-likeness (QED) is 0.824. The molecule has 96 valence electrons. The number of hydrogen-bond acceptors (Lipinski definition) is 5. The zero-order chi connectivity index (χ0) is 12.1. The molecule has 0 saturated carbocycles. The molecule has 0 radical (unpaired) electrons. The molecule has 0 unspecified atom stereocenters. The molecule has 1 fully saturated rings. The normalized spacial score (nSPS) is 18.7. The van der Waals surface area contributed by atoms with Gasteiger partial charge < -0.3 is 9.80 Å². The Morgan fingerprint density at radius 2 is 2.00 bits per heavy atom. The molecule has 0 amide bonds. The third kappa shape index (κ3) is 3.95. The average molecular weight is 271 g/mol. The Labute approximate surface area is 113 Å². The lowest BCUT2D eigenvalue weighted by atomic mass is 10.3. The molecule has 1 aliphatic rings. The maximum absolute atomic E-state index is 4.44. The first-order valence-corrected chi connectivity index (χ1v) is 7.76. The summed E-state index contributed by atoms with van der Waals surface area (Å²) in [5, 5.41) is 1.26. The number of piperazine rings is 1. The van der Waals surface area contributed by atoms with E-state index in [4.69, 9.17) is 0 Å². The lowest BCUT2D eigenvalue weighted by Gasteiger charge is -2.33. The standard InChI is InChI=1S/C12H21N3S2/c1-2-14-5-7-15(8-6-14)4-3-12-13-9-11(10-16)17-12/h9,16H,2-8,10H2,1H3. The maximum atomic E-state index is 4.44. The number of rotatable bonds is 5. The molecular weight excluding hydrogens is 250 g/mol. The molecule has 5 heteroatoms. The van der Waals surface area contributed by atoms with Crippen LogP contribution in [0.1, 0.15) is 16.8 Å². The van der Waals surface area contributed by atoms with Crippen LogP contribution >= 0.6 is 24.0 Å². The summed E-state index contributed by atoms with van der Waals surface area (Å²) in [6.45, 7) is 9.43. The topological polar surface area (TPSA) is 19.4 Å². The van der Waals surface area contributed by atoms with E-state index in [1.165, 1.54) is 42.6 Å². The summed E-state index contributed by atoms with van der Waals surface area (Å²) in [6.07, 6.45) is 3.05. The minimum atomic E-state index is 0.812. The van der Waals surface area contributed by atoms with Crippen LogP contribution in [0.2, 0.25) is 0 Å². The molecule has 1 saturated heterocycles. The third-order valence-corrected chi connectivity index (χ3v) is 4.92. The minimum absolute atomic E-state index is 0.812. The highest BCUT2D eigenvalue weighted by atomic mass is 32.1. The Kier molecular flexibility index (Phi) is 5.28. The Bertz CT molecular complexity index is 332. The summed E-state index contributed by atoms with van der Waals surface area (Å²) in [4.78, 5) is 10.8. The number of nitrogens with zero attached hydrogens (tertiary/aromatic N) is 3. The van der Waals surface area contributed by atoms with Crippen molar-refractivity contribution in [1.82, 2.24) is 14.8 Å². The van der Waals surface area contributed by atoms with Crippen molar-refractivity contribution in [3.05, 3.63) is 16.1 Å². The Hall–Kier alpha value is -0.100. The van der Waals surface area contributed by atoms with Gasteiger partial charge in [-0.05, 0) is 6.54 Å². The van der Waals surface area contributed by atoms with E-state index < -0.39 is 0 Å². The monoisotopic (exact) mass is 271 g/mol. The smallest absolute Gasteiger partial charge is 0.0940 e. The van der Waals surface area contributed by atoms with Gasteiger partial charge >= 0.3 is 0 Å². The van der Waals surface area contributed by atoms with Gasteiger partial charge in [0.15, 0.2) is 0 Å². The highest BCUT2D eigenvalue weighted by Crippen LogP contribution is 2.15. The number of likely N-dealkylation sites (N-methyl/N-ethyl adjacent to an activating group) is 1. The molecule has 1 aromatic heterocycles. The van der Waals surface area contributed by atoms with Crippen LogP contribution in [0.5, 0.6) is 0 Å². The van der Waals surface area contributed by atoms with Gasteiger partial charge in [0.25, 0.3) is 0 Å². The van der Waals surface area contributed by atoms with Gasteiger partial charge in [-0.25, -0.2) is 4.98 Å². The van der Waals surface area contributed by atoms with Crippen molar-refractivity contribution in [2.45, 2.75) is 19.1 Å². The number of thiazole rings is 1. The van der Waals surface area contributed by atoms with E-state index in [1.807, 2.05) is 6.20 Å². The Morgan fingerprint density at radius 1 is 1.29 bits per heavy atom. The van der Waals surface area contributed by atoms with Crippen LogP contribution in [0.15, 0.2) is 6.20 Å². The first-order valence-electron chi connectivity index (χ1n) is 6.31. The molecule has 0 spiro atoms. The Balaban J connectivity index is 1.72. The summed E-state index contributed by atoms with van der Waals surface area (Å²) >= 11 is 6.07. The van der Waals surface area contributed by atoms with Crippen molar-refractivity contribution < 1.29 is 0 Å². The molecule has 3 nitrogen and oxygen atoms in total. The number of thiol groups is 1. The molecule has 2 rings (SSSR count). The van der Waals surface area contributed by atoms with Crippen LogP contribution < -0.4 is 0 Å². The highest BCUT2D eigenvalue weighted by Gasteiger charge is 2.15. The van der Waals surface area contributed by atoms with Gasteiger partial charge in [0.2, 0.25) is 0 Å². The first-order chi connectivity index (χ1) is 8.31. The predicted molar refractivity (Wildman–Crippen MR) is 77.1 cm³/mol. The molecule has 0 aliphatic carbocycles. The van der Waals surface area contributed by atoms with Crippen LogP contribution in [0.3, 0.4) is 0 Å². The predicted octanol–water partition coefficient (Wildman–Crippen LogP) is 1.75. The van der Waals surface area contributed by atoms with Gasteiger partial charge in [-0.1, -0.05) is 6.92 Å². The minimum Gasteiger partial charge on any atom is -0.301 e. The third-order valence-electron chi connectivity index (χ3n) is 3.31. The summed E-state index contributed by atoms with van der Waals surface area (Å²) < 4.78 is 0. The zero-order valence-corrected chi connectivity index (χ0v) is 12.1. The van der Waals surface area contributed by atoms with Gasteiger partial charge in [0.05, 0.1) is 5.01 Å². The maximum Gasteiger partial charge on any atom is 0.0940 e. The second-order valence-electron chi connectivity index (χ2n) is 4.40. The van der Waals surface area contributed by atoms with Crippen molar-refractivity contribution in [3.63, 3.8) is 0 Å². The van der Waals surface area contributed by atoms with Crippen LogP contribution in [0.4, 0.5) is 0 Å².